The van der Waals surface area contributed by atoms with E-state index in [1.807, 2.05) is 18.2 Å². The van der Waals surface area contributed by atoms with Crippen LogP contribution in [0.1, 0.15) is 59.7 Å². The van der Waals surface area contributed by atoms with Crippen molar-refractivity contribution >= 4 is 17.4 Å². The summed E-state index contributed by atoms with van der Waals surface area (Å²) in [5.41, 5.74) is 2.78. The molecular formula is C26H30F2N2O2. The first-order valence-electron chi connectivity index (χ1n) is 11.1. The maximum atomic E-state index is 14.9. The van der Waals surface area contributed by atoms with Crippen LogP contribution in [0, 0.1) is 5.82 Å². The quantitative estimate of drug-likeness (QED) is 0.610. The van der Waals surface area contributed by atoms with Gasteiger partial charge >= 0.3 is 0 Å². The third-order valence-electron chi connectivity index (χ3n) is 6.03. The molecule has 32 heavy (non-hydrogen) atoms. The van der Waals surface area contributed by atoms with Crippen LogP contribution in [0.2, 0.25) is 0 Å². The highest BCUT2D eigenvalue weighted by molar-refractivity contribution is 6.20. The predicted molar refractivity (Wildman–Crippen MR) is 123 cm³/mol. The van der Waals surface area contributed by atoms with Crippen molar-refractivity contribution in [1.29, 1.82) is 0 Å². The van der Waals surface area contributed by atoms with Crippen LogP contribution in [0.3, 0.4) is 0 Å². The molecule has 2 unspecified atom stereocenters. The van der Waals surface area contributed by atoms with Crippen molar-refractivity contribution in [3.8, 4) is 0 Å². The molecule has 0 spiro atoms. The van der Waals surface area contributed by atoms with Crippen molar-refractivity contribution < 1.29 is 18.4 Å². The van der Waals surface area contributed by atoms with Gasteiger partial charge in [0.25, 0.3) is 11.8 Å². The molecule has 6 heteroatoms. The Bertz CT molecular complexity index is 986. The molecular weight excluding hydrogens is 410 g/mol. The normalized spacial score (nSPS) is 18.8. The fourth-order valence-electron chi connectivity index (χ4n) is 4.21. The SMILES string of the molecule is C/C=C(/C(=O)NC1CCCCC1F)c1c(F)cccc1CCc1ccc(C(=O)NC)cc1. The molecule has 0 radical (unpaired) electrons. The van der Waals surface area contributed by atoms with E-state index in [1.165, 1.54) is 6.07 Å². The number of hydrogen-bond acceptors (Lipinski definition) is 2. The zero-order valence-corrected chi connectivity index (χ0v) is 18.6. The van der Waals surface area contributed by atoms with Gasteiger partial charge in [0, 0.05) is 23.7 Å². The molecule has 0 aliphatic heterocycles. The summed E-state index contributed by atoms with van der Waals surface area (Å²) in [7, 11) is 1.58. The molecule has 1 aliphatic carbocycles. The first-order valence-corrected chi connectivity index (χ1v) is 11.1. The molecule has 2 amide bonds. The molecule has 1 aliphatic rings. The Labute approximate surface area is 188 Å². The highest BCUT2D eigenvalue weighted by Gasteiger charge is 2.28. The summed E-state index contributed by atoms with van der Waals surface area (Å²) in [6.45, 7) is 1.69. The number of carbonyl (C=O) groups is 2. The second-order valence-corrected chi connectivity index (χ2v) is 8.13. The standard InChI is InChI=1S/C26H30F2N2O2/c1-3-20(26(32)30-23-10-5-4-8-21(23)27)24-18(7-6-9-22(24)28)14-11-17-12-15-19(16-13-17)25(31)29-2/h3,6-7,9,12-13,15-16,21,23H,4-5,8,10-11,14H2,1-2H3,(H,29,31)(H,30,32)/b20-3+. The molecule has 4 nitrogen and oxygen atoms in total. The number of rotatable bonds is 7. The van der Waals surface area contributed by atoms with E-state index in [9.17, 15) is 18.4 Å². The molecule has 0 aromatic heterocycles. The lowest BCUT2D eigenvalue weighted by Crippen LogP contribution is -2.43. The number of alkyl halides is 1. The van der Waals surface area contributed by atoms with E-state index in [0.717, 1.165) is 18.4 Å². The van der Waals surface area contributed by atoms with Crippen LogP contribution < -0.4 is 10.6 Å². The molecule has 0 bridgehead atoms. The molecule has 1 fully saturated rings. The number of halogens is 2. The summed E-state index contributed by atoms with van der Waals surface area (Å²) < 4.78 is 29.1. The van der Waals surface area contributed by atoms with Crippen molar-refractivity contribution in [2.24, 2.45) is 0 Å². The minimum absolute atomic E-state index is 0.152. The number of allylic oxidation sites excluding steroid dienone is 1. The minimum atomic E-state index is -1.07. The molecule has 0 heterocycles. The number of amides is 2. The van der Waals surface area contributed by atoms with Gasteiger partial charge in [-0.25, -0.2) is 8.78 Å². The van der Waals surface area contributed by atoms with Gasteiger partial charge in [0.05, 0.1) is 6.04 Å². The minimum Gasteiger partial charge on any atom is -0.355 e. The van der Waals surface area contributed by atoms with Gasteiger partial charge in [-0.15, -0.1) is 0 Å². The van der Waals surface area contributed by atoms with Crippen LogP contribution in [-0.2, 0) is 17.6 Å². The lowest BCUT2D eigenvalue weighted by molar-refractivity contribution is -0.117. The van der Waals surface area contributed by atoms with Crippen LogP contribution in [0.4, 0.5) is 8.78 Å². The molecule has 0 saturated heterocycles. The summed E-state index contributed by atoms with van der Waals surface area (Å²) in [6, 6.07) is 11.5. The molecule has 2 N–H and O–H groups in total. The second-order valence-electron chi connectivity index (χ2n) is 8.13. The monoisotopic (exact) mass is 440 g/mol. The van der Waals surface area contributed by atoms with Gasteiger partial charge in [-0.3, -0.25) is 9.59 Å². The molecule has 2 atom stereocenters. The Morgan fingerprint density at radius 3 is 2.44 bits per heavy atom. The first-order chi connectivity index (χ1) is 15.4. The van der Waals surface area contributed by atoms with Crippen molar-refractivity contribution in [3.63, 3.8) is 0 Å². The molecule has 2 aromatic rings. The van der Waals surface area contributed by atoms with E-state index in [-0.39, 0.29) is 17.0 Å². The van der Waals surface area contributed by atoms with E-state index in [4.69, 9.17) is 0 Å². The molecule has 170 valence electrons. The fourth-order valence-corrected chi connectivity index (χ4v) is 4.21. The van der Waals surface area contributed by atoms with Crippen LogP contribution in [0.5, 0.6) is 0 Å². The first kappa shape index (κ1) is 23.6. The third-order valence-corrected chi connectivity index (χ3v) is 6.03. The maximum Gasteiger partial charge on any atom is 0.251 e. The van der Waals surface area contributed by atoms with Gasteiger partial charge < -0.3 is 10.6 Å². The summed E-state index contributed by atoms with van der Waals surface area (Å²) in [6.07, 6.45) is 4.41. The van der Waals surface area contributed by atoms with Gasteiger partial charge in [0.1, 0.15) is 12.0 Å². The topological polar surface area (TPSA) is 58.2 Å². The Hall–Kier alpha value is -3.02. The van der Waals surface area contributed by atoms with Crippen LogP contribution in [0.25, 0.3) is 5.57 Å². The van der Waals surface area contributed by atoms with Gasteiger partial charge in [0.15, 0.2) is 0 Å². The van der Waals surface area contributed by atoms with Gasteiger partial charge in [0.2, 0.25) is 0 Å². The number of benzene rings is 2. The van der Waals surface area contributed by atoms with E-state index in [1.54, 1.807) is 38.2 Å². The zero-order valence-electron chi connectivity index (χ0n) is 18.6. The van der Waals surface area contributed by atoms with Crippen molar-refractivity contribution in [1.82, 2.24) is 10.6 Å². The van der Waals surface area contributed by atoms with Gasteiger partial charge in [-0.1, -0.05) is 43.2 Å². The second kappa shape index (κ2) is 11.0. The summed E-state index contributed by atoms with van der Waals surface area (Å²) in [5, 5.41) is 5.37. The molecule has 1 saturated carbocycles. The summed E-state index contributed by atoms with van der Waals surface area (Å²) in [4.78, 5) is 24.6. The van der Waals surface area contributed by atoms with E-state index < -0.39 is 23.9 Å². The number of aryl methyl sites for hydroxylation is 2. The predicted octanol–water partition coefficient (Wildman–Crippen LogP) is 4.77. The van der Waals surface area contributed by atoms with Gasteiger partial charge in [-0.05, 0) is 61.9 Å². The van der Waals surface area contributed by atoms with Crippen LogP contribution in [0.15, 0.2) is 48.5 Å². The lowest BCUT2D eigenvalue weighted by Gasteiger charge is -2.27. The smallest absolute Gasteiger partial charge is 0.251 e. The number of nitrogens with one attached hydrogen (secondary N) is 2. The van der Waals surface area contributed by atoms with E-state index in [0.29, 0.717) is 36.8 Å². The largest absolute Gasteiger partial charge is 0.355 e. The zero-order chi connectivity index (χ0) is 23.1. The van der Waals surface area contributed by atoms with Crippen molar-refractivity contribution in [2.45, 2.75) is 57.7 Å². The Morgan fingerprint density at radius 2 is 1.78 bits per heavy atom. The van der Waals surface area contributed by atoms with Crippen molar-refractivity contribution in [2.75, 3.05) is 7.05 Å². The highest BCUT2D eigenvalue weighted by Crippen LogP contribution is 2.27. The molecule has 2 aromatic carbocycles. The number of hydrogen-bond donors (Lipinski definition) is 2. The summed E-state index contributed by atoms with van der Waals surface area (Å²) >= 11 is 0. The summed E-state index contributed by atoms with van der Waals surface area (Å²) in [5.74, 6) is -1.06. The highest BCUT2D eigenvalue weighted by atomic mass is 19.1. The average Bonchev–Trinajstić information content (AvgIpc) is 2.81. The Kier molecular flexibility index (Phi) is 8.14. The Balaban J connectivity index is 1.77. The maximum absolute atomic E-state index is 14.9. The molecule has 3 rings (SSSR count). The lowest BCUT2D eigenvalue weighted by atomic mass is 9.91. The van der Waals surface area contributed by atoms with Crippen LogP contribution in [-0.4, -0.2) is 31.1 Å². The third kappa shape index (κ3) is 5.61. The average molecular weight is 441 g/mol. The number of carbonyl (C=O) groups excluding carboxylic acids is 2. The van der Waals surface area contributed by atoms with Crippen molar-refractivity contribution in [3.05, 3.63) is 76.6 Å². The van der Waals surface area contributed by atoms with Gasteiger partial charge in [-0.2, -0.15) is 0 Å². The van der Waals surface area contributed by atoms with E-state index >= 15 is 0 Å². The fraction of sp³-hybridized carbons (Fsp3) is 0.385. The van der Waals surface area contributed by atoms with E-state index in [2.05, 4.69) is 10.6 Å². The van der Waals surface area contributed by atoms with Crippen LogP contribution >= 0.6 is 0 Å². The Morgan fingerprint density at radius 1 is 1.06 bits per heavy atom.